The van der Waals surface area contributed by atoms with Crippen LogP contribution in [0.2, 0.25) is 0 Å². The van der Waals surface area contributed by atoms with Crippen LogP contribution in [0.25, 0.3) is 0 Å². The summed E-state index contributed by atoms with van der Waals surface area (Å²) in [5, 5.41) is 72.0. The second kappa shape index (κ2) is 36.9. The van der Waals surface area contributed by atoms with Crippen molar-refractivity contribution in [1.29, 1.82) is 0 Å². The van der Waals surface area contributed by atoms with Crippen molar-refractivity contribution in [2.75, 3.05) is 33.0 Å². The van der Waals surface area contributed by atoms with Crippen molar-refractivity contribution in [2.45, 2.75) is 255 Å². The van der Waals surface area contributed by atoms with Crippen LogP contribution in [0.15, 0.2) is 12.2 Å². The van der Waals surface area contributed by atoms with Crippen LogP contribution in [0.5, 0.6) is 0 Å². The average molecular weight is 891 g/mol. The Labute approximate surface area is 374 Å². The molecule has 14 heteroatoms. The van der Waals surface area contributed by atoms with Crippen molar-refractivity contribution >= 4 is 5.97 Å². The fraction of sp³-hybridized carbons (Fsp3) is 0.938. The average Bonchev–Trinajstić information content (AvgIpc) is 3.27. The Kier molecular flexibility index (Phi) is 33.8. The second-order valence-corrected chi connectivity index (χ2v) is 17.6. The van der Waals surface area contributed by atoms with E-state index in [1.54, 1.807) is 0 Å². The minimum absolute atomic E-state index is 0.0623. The van der Waals surface area contributed by atoms with E-state index >= 15 is 0 Å². The van der Waals surface area contributed by atoms with Crippen LogP contribution in [0, 0.1) is 0 Å². The monoisotopic (exact) mass is 891 g/mol. The van der Waals surface area contributed by atoms with Gasteiger partial charge in [0.25, 0.3) is 0 Å². The predicted octanol–water partition coefficient (Wildman–Crippen LogP) is 6.68. The van der Waals surface area contributed by atoms with E-state index in [-0.39, 0.29) is 25.6 Å². The maximum Gasteiger partial charge on any atom is 0.306 e. The topological polar surface area (TPSA) is 214 Å². The predicted molar refractivity (Wildman–Crippen MR) is 238 cm³/mol. The van der Waals surface area contributed by atoms with Crippen LogP contribution in [0.1, 0.15) is 187 Å². The third-order valence-electron chi connectivity index (χ3n) is 12.0. The fourth-order valence-corrected chi connectivity index (χ4v) is 7.93. The van der Waals surface area contributed by atoms with Crippen molar-refractivity contribution in [3.63, 3.8) is 0 Å². The van der Waals surface area contributed by atoms with Crippen molar-refractivity contribution in [3.05, 3.63) is 12.2 Å². The molecule has 2 aliphatic heterocycles. The summed E-state index contributed by atoms with van der Waals surface area (Å²) in [6.07, 6.45) is 19.9. The number of hydrogen-bond acceptors (Lipinski definition) is 14. The number of aliphatic hydroxyl groups is 7. The molecule has 2 fully saturated rings. The van der Waals surface area contributed by atoms with Crippen LogP contribution >= 0.6 is 0 Å². The van der Waals surface area contributed by atoms with Crippen LogP contribution in [0.3, 0.4) is 0 Å². The standard InChI is InChI=1S/C48H90O14/c1-3-5-7-9-11-13-15-17-18-19-21-23-25-27-29-31-40(50)60-37(34-57-32-30-28-26-24-22-20-16-14-12-10-8-6-4-2)35-58-47-46(56)44(54)42(52)39(62-47)36-59-48-45(55)43(53)41(51)38(33-49)61-48/h12,14,37-39,41-49,51-56H,3-11,13,15-36H2,1-2H3/b14-12-. The summed E-state index contributed by atoms with van der Waals surface area (Å²) in [6.45, 7) is 3.67. The normalized spacial score (nSPS) is 27.2. The lowest BCUT2D eigenvalue weighted by Crippen LogP contribution is -2.61. The summed E-state index contributed by atoms with van der Waals surface area (Å²) in [4.78, 5) is 13.0. The summed E-state index contributed by atoms with van der Waals surface area (Å²) >= 11 is 0. The minimum atomic E-state index is -1.70. The van der Waals surface area contributed by atoms with Gasteiger partial charge >= 0.3 is 5.97 Å². The summed E-state index contributed by atoms with van der Waals surface area (Å²) in [5.41, 5.74) is 0. The Hall–Kier alpha value is -1.27. The van der Waals surface area contributed by atoms with Gasteiger partial charge in [-0.1, -0.05) is 154 Å². The fourth-order valence-electron chi connectivity index (χ4n) is 7.93. The number of esters is 1. The lowest BCUT2D eigenvalue weighted by Gasteiger charge is -2.42. The van der Waals surface area contributed by atoms with E-state index in [0.717, 1.165) is 44.9 Å². The van der Waals surface area contributed by atoms with Gasteiger partial charge in [0.05, 0.1) is 26.4 Å². The molecule has 0 saturated carbocycles. The van der Waals surface area contributed by atoms with Crippen LogP contribution < -0.4 is 0 Å². The summed E-state index contributed by atoms with van der Waals surface area (Å²) < 4.78 is 34.2. The molecule has 366 valence electrons. The molecule has 11 unspecified atom stereocenters. The molecule has 7 N–H and O–H groups in total. The van der Waals surface area contributed by atoms with Gasteiger partial charge in [0.15, 0.2) is 12.6 Å². The molecule has 62 heavy (non-hydrogen) atoms. The third kappa shape index (κ3) is 24.9. The Morgan fingerprint density at radius 2 is 0.952 bits per heavy atom. The van der Waals surface area contributed by atoms with Gasteiger partial charge in [0, 0.05) is 13.0 Å². The summed E-state index contributed by atoms with van der Waals surface area (Å²) in [6, 6.07) is 0. The van der Waals surface area contributed by atoms with E-state index in [9.17, 15) is 40.5 Å². The van der Waals surface area contributed by atoms with E-state index in [1.807, 2.05) is 0 Å². The van der Waals surface area contributed by atoms with E-state index in [2.05, 4.69) is 26.0 Å². The highest BCUT2D eigenvalue weighted by atomic mass is 16.7. The molecule has 0 spiro atoms. The van der Waals surface area contributed by atoms with Gasteiger partial charge in [-0.15, -0.1) is 0 Å². The highest BCUT2D eigenvalue weighted by Crippen LogP contribution is 2.26. The molecule has 2 heterocycles. The van der Waals surface area contributed by atoms with Crippen molar-refractivity contribution in [2.24, 2.45) is 0 Å². The zero-order valence-electron chi connectivity index (χ0n) is 38.6. The third-order valence-corrected chi connectivity index (χ3v) is 12.0. The minimum Gasteiger partial charge on any atom is -0.457 e. The number of rotatable bonds is 39. The molecule has 0 aromatic heterocycles. The highest BCUT2D eigenvalue weighted by Gasteiger charge is 2.47. The maximum absolute atomic E-state index is 13.0. The Morgan fingerprint density at radius 3 is 1.50 bits per heavy atom. The van der Waals surface area contributed by atoms with Gasteiger partial charge in [-0.3, -0.25) is 4.79 Å². The van der Waals surface area contributed by atoms with E-state index in [4.69, 9.17) is 28.4 Å². The van der Waals surface area contributed by atoms with Gasteiger partial charge in [-0.2, -0.15) is 0 Å². The summed E-state index contributed by atoms with van der Waals surface area (Å²) in [7, 11) is 0. The van der Waals surface area contributed by atoms with E-state index in [0.29, 0.717) is 13.0 Å². The first-order valence-corrected chi connectivity index (χ1v) is 24.8. The molecule has 2 saturated heterocycles. The van der Waals surface area contributed by atoms with Gasteiger partial charge in [-0.05, 0) is 38.5 Å². The van der Waals surface area contributed by atoms with Gasteiger partial charge < -0.3 is 64.2 Å². The highest BCUT2D eigenvalue weighted by molar-refractivity contribution is 5.69. The molecule has 2 aliphatic rings. The molecule has 0 amide bonds. The Morgan fingerprint density at radius 1 is 0.516 bits per heavy atom. The summed E-state index contributed by atoms with van der Waals surface area (Å²) in [5.74, 6) is -0.376. The first-order valence-electron chi connectivity index (χ1n) is 24.8. The molecule has 0 aromatic carbocycles. The van der Waals surface area contributed by atoms with Crippen LogP contribution in [0.4, 0.5) is 0 Å². The quantitative estimate of drug-likeness (QED) is 0.0195. The number of carbonyl (C=O) groups excluding carboxylic acids is 1. The number of carbonyl (C=O) groups is 1. The largest absolute Gasteiger partial charge is 0.457 e. The molecule has 0 radical (unpaired) electrons. The lowest BCUT2D eigenvalue weighted by atomic mass is 9.98. The SMILES string of the molecule is CCCCC/C=C\CCCCCCCCOCC(COC1OC(COC2OC(CO)C(O)C(O)C2O)C(O)C(O)C1O)OC(=O)CCCCCCCCCCCCCCCCC. The molecular formula is C48H90O14. The first kappa shape index (κ1) is 56.9. The lowest BCUT2D eigenvalue weighted by molar-refractivity contribution is -0.332. The number of ether oxygens (including phenoxy) is 6. The van der Waals surface area contributed by atoms with Crippen LogP contribution in [-0.2, 0) is 33.2 Å². The molecule has 14 nitrogen and oxygen atoms in total. The van der Waals surface area contributed by atoms with Crippen molar-refractivity contribution < 1.29 is 69.0 Å². The zero-order valence-corrected chi connectivity index (χ0v) is 38.6. The molecule has 0 aliphatic carbocycles. The second-order valence-electron chi connectivity index (χ2n) is 17.6. The molecule has 2 rings (SSSR count). The smallest absolute Gasteiger partial charge is 0.306 e. The van der Waals surface area contributed by atoms with Crippen molar-refractivity contribution in [1.82, 2.24) is 0 Å². The van der Waals surface area contributed by atoms with E-state index < -0.39 is 80.7 Å². The molecule has 0 aromatic rings. The van der Waals surface area contributed by atoms with Gasteiger partial charge in [0.1, 0.15) is 54.9 Å². The number of allylic oxidation sites excluding steroid dienone is 2. The maximum atomic E-state index is 13.0. The molecule has 0 bridgehead atoms. The van der Waals surface area contributed by atoms with Crippen LogP contribution in [-0.4, -0.2) is 142 Å². The number of unbranched alkanes of at least 4 members (excludes halogenated alkanes) is 23. The Balaban J connectivity index is 1.78. The van der Waals surface area contributed by atoms with Crippen molar-refractivity contribution in [3.8, 4) is 0 Å². The van der Waals surface area contributed by atoms with Gasteiger partial charge in [0.2, 0.25) is 0 Å². The Bertz CT molecular complexity index is 1080. The van der Waals surface area contributed by atoms with E-state index in [1.165, 1.54) is 116 Å². The number of aliphatic hydroxyl groups excluding tert-OH is 7. The molecular weight excluding hydrogens is 801 g/mol. The number of hydrogen-bond donors (Lipinski definition) is 7. The molecule has 11 atom stereocenters. The zero-order chi connectivity index (χ0) is 45.2. The van der Waals surface area contributed by atoms with Gasteiger partial charge in [-0.25, -0.2) is 0 Å². The first-order chi connectivity index (χ1) is 30.1.